The van der Waals surface area contributed by atoms with Crippen LogP contribution in [-0.4, -0.2) is 56.5 Å². The zero-order chi connectivity index (χ0) is 17.4. The number of amides is 2. The minimum atomic E-state index is -0.0868. The Hall–Kier alpha value is -1.92. The normalized spacial score (nSPS) is 17.5. The Morgan fingerprint density at radius 3 is 2.79 bits per heavy atom. The van der Waals surface area contributed by atoms with E-state index >= 15 is 0 Å². The fourth-order valence-corrected chi connectivity index (χ4v) is 2.71. The predicted octanol–water partition coefficient (Wildman–Crippen LogP) is 0.736. The monoisotopic (exact) mass is 332 g/mol. The molecule has 0 bridgehead atoms. The summed E-state index contributed by atoms with van der Waals surface area (Å²) in [5.41, 5.74) is 1.55. The van der Waals surface area contributed by atoms with Gasteiger partial charge in [-0.1, -0.05) is 18.6 Å². The first-order valence-corrected chi connectivity index (χ1v) is 8.59. The molecule has 2 rings (SSSR count). The highest BCUT2D eigenvalue weighted by molar-refractivity contribution is 5.94. The van der Waals surface area contributed by atoms with Crippen LogP contribution in [0.4, 0.5) is 0 Å². The molecule has 1 aromatic carbocycles. The molecule has 2 amide bonds. The number of carbonyl (C=O) groups excluding carboxylic acids is 2. The maximum Gasteiger partial charge on any atom is 0.251 e. The Labute approximate surface area is 144 Å². The second-order valence-electron chi connectivity index (χ2n) is 6.48. The Kier molecular flexibility index (Phi) is 7.21. The van der Waals surface area contributed by atoms with Gasteiger partial charge in [0.05, 0.1) is 6.04 Å². The summed E-state index contributed by atoms with van der Waals surface area (Å²) in [6.45, 7) is 2.76. The summed E-state index contributed by atoms with van der Waals surface area (Å²) in [7, 11) is 3.94. The highest BCUT2D eigenvalue weighted by Crippen LogP contribution is 2.08. The van der Waals surface area contributed by atoms with Crippen molar-refractivity contribution >= 4 is 11.8 Å². The summed E-state index contributed by atoms with van der Waals surface area (Å²) in [4.78, 5) is 26.3. The Balaban J connectivity index is 1.83. The number of carbonyl (C=O) groups is 2. The van der Waals surface area contributed by atoms with Gasteiger partial charge in [0.1, 0.15) is 0 Å². The van der Waals surface area contributed by atoms with Gasteiger partial charge in [0.15, 0.2) is 0 Å². The van der Waals surface area contributed by atoms with Crippen molar-refractivity contribution in [2.75, 3.05) is 33.7 Å². The van der Waals surface area contributed by atoms with Crippen LogP contribution >= 0.6 is 0 Å². The molecular formula is C18H28N4O2. The van der Waals surface area contributed by atoms with E-state index in [0.29, 0.717) is 18.7 Å². The maximum atomic E-state index is 12.1. The van der Waals surface area contributed by atoms with Crippen LogP contribution in [0, 0.1) is 0 Å². The van der Waals surface area contributed by atoms with E-state index in [2.05, 4.69) is 16.0 Å². The summed E-state index contributed by atoms with van der Waals surface area (Å²) in [6.07, 6.45) is 3.11. The lowest BCUT2D eigenvalue weighted by Gasteiger charge is -2.22. The molecule has 1 aromatic rings. The fourth-order valence-electron chi connectivity index (χ4n) is 2.71. The highest BCUT2D eigenvalue weighted by atomic mass is 16.2. The third-order valence-electron chi connectivity index (χ3n) is 4.13. The van der Waals surface area contributed by atoms with E-state index in [4.69, 9.17) is 0 Å². The number of nitrogens with one attached hydrogen (secondary N) is 3. The number of nitrogens with zero attached hydrogens (tertiary/aromatic N) is 1. The summed E-state index contributed by atoms with van der Waals surface area (Å²) in [6, 6.07) is 7.31. The molecule has 3 N–H and O–H groups in total. The molecule has 0 radical (unpaired) electrons. The Morgan fingerprint density at radius 1 is 1.25 bits per heavy atom. The number of hydrogen-bond acceptors (Lipinski definition) is 4. The molecule has 1 aliphatic rings. The van der Waals surface area contributed by atoms with Gasteiger partial charge in [0, 0.05) is 25.2 Å². The quantitative estimate of drug-likeness (QED) is 0.688. The van der Waals surface area contributed by atoms with Gasteiger partial charge in [-0.3, -0.25) is 9.59 Å². The Bertz CT molecular complexity index is 554. The SMILES string of the molecule is CN(C)CCNC(=O)c1cccc(CNC(=O)[C@H]2CCCCN2)c1. The molecule has 0 saturated carbocycles. The third-order valence-corrected chi connectivity index (χ3v) is 4.13. The lowest BCUT2D eigenvalue weighted by Crippen LogP contribution is -2.46. The van der Waals surface area contributed by atoms with Crippen molar-refractivity contribution in [3.63, 3.8) is 0 Å². The summed E-state index contributed by atoms with van der Waals surface area (Å²) in [5, 5.41) is 9.09. The van der Waals surface area contributed by atoms with E-state index in [1.807, 2.05) is 37.2 Å². The van der Waals surface area contributed by atoms with Gasteiger partial charge in [-0.05, 0) is 51.2 Å². The van der Waals surface area contributed by atoms with Gasteiger partial charge in [0.25, 0.3) is 5.91 Å². The van der Waals surface area contributed by atoms with Crippen LogP contribution in [0.3, 0.4) is 0 Å². The van der Waals surface area contributed by atoms with Crippen LogP contribution < -0.4 is 16.0 Å². The molecule has 1 atom stereocenters. The topological polar surface area (TPSA) is 73.5 Å². The lowest BCUT2D eigenvalue weighted by atomic mass is 10.0. The summed E-state index contributed by atoms with van der Waals surface area (Å²) < 4.78 is 0. The summed E-state index contributed by atoms with van der Waals surface area (Å²) >= 11 is 0. The van der Waals surface area contributed by atoms with Crippen LogP contribution in [0.5, 0.6) is 0 Å². The second kappa shape index (κ2) is 9.39. The van der Waals surface area contributed by atoms with Crippen molar-refractivity contribution in [1.82, 2.24) is 20.9 Å². The lowest BCUT2D eigenvalue weighted by molar-refractivity contribution is -0.123. The average molecular weight is 332 g/mol. The van der Waals surface area contributed by atoms with E-state index in [1.165, 1.54) is 0 Å². The molecule has 1 fully saturated rings. The zero-order valence-corrected chi connectivity index (χ0v) is 14.6. The van der Waals surface area contributed by atoms with Crippen LogP contribution in [-0.2, 0) is 11.3 Å². The largest absolute Gasteiger partial charge is 0.351 e. The number of rotatable bonds is 7. The Morgan fingerprint density at radius 2 is 2.08 bits per heavy atom. The second-order valence-corrected chi connectivity index (χ2v) is 6.48. The van der Waals surface area contributed by atoms with Gasteiger partial charge in [0.2, 0.25) is 5.91 Å². The molecule has 1 saturated heterocycles. The fraction of sp³-hybridized carbons (Fsp3) is 0.556. The maximum absolute atomic E-state index is 12.1. The zero-order valence-electron chi connectivity index (χ0n) is 14.6. The van der Waals surface area contributed by atoms with Crippen molar-refractivity contribution < 1.29 is 9.59 Å². The molecule has 1 heterocycles. The standard InChI is InChI=1S/C18H28N4O2/c1-22(2)11-10-20-17(23)15-7-5-6-14(12-15)13-21-18(24)16-8-3-4-9-19-16/h5-7,12,16,19H,3-4,8-11,13H2,1-2H3,(H,20,23)(H,21,24)/t16-/m1/s1. The first-order chi connectivity index (χ1) is 11.6. The number of benzene rings is 1. The highest BCUT2D eigenvalue weighted by Gasteiger charge is 2.19. The van der Waals surface area contributed by atoms with Crippen molar-refractivity contribution in [2.24, 2.45) is 0 Å². The van der Waals surface area contributed by atoms with Crippen LogP contribution in [0.1, 0.15) is 35.2 Å². The van der Waals surface area contributed by atoms with E-state index in [9.17, 15) is 9.59 Å². The van der Waals surface area contributed by atoms with Gasteiger partial charge in [-0.2, -0.15) is 0 Å². The van der Waals surface area contributed by atoms with E-state index in [-0.39, 0.29) is 17.9 Å². The molecule has 6 heteroatoms. The molecular weight excluding hydrogens is 304 g/mol. The summed E-state index contributed by atoms with van der Waals surface area (Å²) in [5.74, 6) is -0.0467. The van der Waals surface area contributed by atoms with Crippen molar-refractivity contribution in [3.05, 3.63) is 35.4 Å². The van der Waals surface area contributed by atoms with Crippen molar-refractivity contribution in [3.8, 4) is 0 Å². The smallest absolute Gasteiger partial charge is 0.251 e. The minimum Gasteiger partial charge on any atom is -0.351 e. The number of likely N-dealkylation sites (N-methyl/N-ethyl adjacent to an activating group) is 1. The number of hydrogen-bond donors (Lipinski definition) is 3. The van der Waals surface area contributed by atoms with E-state index in [1.54, 1.807) is 6.07 Å². The van der Waals surface area contributed by atoms with Crippen LogP contribution in [0.2, 0.25) is 0 Å². The average Bonchev–Trinajstić information content (AvgIpc) is 2.60. The minimum absolute atomic E-state index is 0.0375. The molecule has 0 aliphatic carbocycles. The van der Waals surface area contributed by atoms with Crippen molar-refractivity contribution in [2.45, 2.75) is 31.8 Å². The van der Waals surface area contributed by atoms with E-state index < -0.39 is 0 Å². The molecule has 0 unspecified atom stereocenters. The van der Waals surface area contributed by atoms with Crippen LogP contribution in [0.25, 0.3) is 0 Å². The van der Waals surface area contributed by atoms with Gasteiger partial charge in [-0.15, -0.1) is 0 Å². The molecule has 132 valence electrons. The predicted molar refractivity (Wildman–Crippen MR) is 94.8 cm³/mol. The van der Waals surface area contributed by atoms with E-state index in [0.717, 1.165) is 37.9 Å². The van der Waals surface area contributed by atoms with Crippen LogP contribution in [0.15, 0.2) is 24.3 Å². The number of piperidine rings is 1. The molecule has 24 heavy (non-hydrogen) atoms. The van der Waals surface area contributed by atoms with Crippen molar-refractivity contribution in [1.29, 1.82) is 0 Å². The third kappa shape index (κ3) is 5.94. The van der Waals surface area contributed by atoms with Gasteiger partial charge < -0.3 is 20.9 Å². The first kappa shape index (κ1) is 18.4. The van der Waals surface area contributed by atoms with Gasteiger partial charge in [-0.25, -0.2) is 0 Å². The molecule has 6 nitrogen and oxygen atoms in total. The molecule has 0 spiro atoms. The molecule has 1 aliphatic heterocycles. The van der Waals surface area contributed by atoms with Gasteiger partial charge >= 0.3 is 0 Å². The first-order valence-electron chi connectivity index (χ1n) is 8.59. The molecule has 0 aromatic heterocycles.